The Morgan fingerprint density at radius 3 is 2.43 bits per heavy atom. The summed E-state index contributed by atoms with van der Waals surface area (Å²) in [5.41, 5.74) is 0.218. The number of amides is 1. The number of sulfonamides is 1. The van der Waals surface area contributed by atoms with Crippen molar-refractivity contribution in [1.29, 1.82) is 0 Å². The number of nitrogens with zero attached hydrogens (tertiary/aromatic N) is 1. The van der Waals surface area contributed by atoms with Crippen molar-refractivity contribution in [2.75, 3.05) is 32.1 Å². The third kappa shape index (κ3) is 5.93. The zero-order valence-corrected chi connectivity index (χ0v) is 17.2. The van der Waals surface area contributed by atoms with E-state index in [2.05, 4.69) is 5.32 Å². The van der Waals surface area contributed by atoms with Crippen LogP contribution in [0.2, 0.25) is 0 Å². The van der Waals surface area contributed by atoms with Crippen LogP contribution in [0, 0.1) is 0 Å². The maximum Gasteiger partial charge on any atom is 0.306 e. The first kappa shape index (κ1) is 22.2. The second-order valence-electron chi connectivity index (χ2n) is 6.64. The zero-order chi connectivity index (χ0) is 20.6. The van der Waals surface area contributed by atoms with Gasteiger partial charge in [0.05, 0.1) is 17.7 Å². The number of methoxy groups -OCH3 is 1. The summed E-state index contributed by atoms with van der Waals surface area (Å²) >= 11 is 0. The number of carbonyl (C=O) groups excluding carboxylic acids is 2. The standard InChI is InChI=1S/C19H28N2O6S/c1-3-8-19(23)27-14-18(22)20-16-13-15(9-10-17(16)26-2)28(24,25)21-11-6-4-5-7-12-21/h9-10,13H,3-8,11-12,14H2,1-2H3,(H,20,22). The molecule has 156 valence electrons. The van der Waals surface area contributed by atoms with E-state index in [1.807, 2.05) is 6.92 Å². The van der Waals surface area contributed by atoms with Crippen molar-refractivity contribution in [1.82, 2.24) is 4.31 Å². The van der Waals surface area contributed by atoms with Gasteiger partial charge in [-0.3, -0.25) is 9.59 Å². The fourth-order valence-corrected chi connectivity index (χ4v) is 4.53. The van der Waals surface area contributed by atoms with Crippen molar-refractivity contribution in [3.8, 4) is 5.75 Å². The number of benzene rings is 1. The molecule has 1 aromatic carbocycles. The predicted molar refractivity (Wildman–Crippen MR) is 105 cm³/mol. The molecule has 1 amide bonds. The van der Waals surface area contributed by atoms with Crippen molar-refractivity contribution >= 4 is 27.6 Å². The average molecular weight is 413 g/mol. The predicted octanol–water partition coefficient (Wildman–Crippen LogP) is 2.54. The minimum atomic E-state index is -3.66. The molecule has 8 nitrogen and oxygen atoms in total. The lowest BCUT2D eigenvalue weighted by atomic mass is 10.2. The van der Waals surface area contributed by atoms with Crippen LogP contribution in [0.1, 0.15) is 45.4 Å². The molecule has 1 aromatic rings. The Morgan fingerprint density at radius 2 is 1.82 bits per heavy atom. The lowest BCUT2D eigenvalue weighted by Gasteiger charge is -2.21. The molecule has 2 rings (SSSR count). The third-order valence-corrected chi connectivity index (χ3v) is 6.36. The summed E-state index contributed by atoms with van der Waals surface area (Å²) < 4.78 is 37.5. The van der Waals surface area contributed by atoms with Crippen LogP contribution in [-0.2, 0) is 24.3 Å². The van der Waals surface area contributed by atoms with Gasteiger partial charge < -0.3 is 14.8 Å². The summed E-state index contributed by atoms with van der Waals surface area (Å²) in [5.74, 6) is -0.697. The fourth-order valence-electron chi connectivity index (χ4n) is 2.98. The molecule has 28 heavy (non-hydrogen) atoms. The van der Waals surface area contributed by atoms with Gasteiger partial charge in [0.2, 0.25) is 10.0 Å². The molecule has 1 heterocycles. The Labute approximate surface area is 166 Å². The van der Waals surface area contributed by atoms with Gasteiger partial charge in [-0.25, -0.2) is 8.42 Å². The molecule has 0 atom stereocenters. The first-order valence-electron chi connectivity index (χ1n) is 9.52. The monoisotopic (exact) mass is 412 g/mol. The van der Waals surface area contributed by atoms with Crippen molar-refractivity contribution in [3.63, 3.8) is 0 Å². The van der Waals surface area contributed by atoms with Crippen LogP contribution in [0.25, 0.3) is 0 Å². The molecule has 1 N–H and O–H groups in total. The SMILES string of the molecule is CCCC(=O)OCC(=O)Nc1cc(S(=O)(=O)N2CCCCCC2)ccc1OC. The number of carbonyl (C=O) groups is 2. The Balaban J connectivity index is 2.16. The molecule has 0 bridgehead atoms. The molecular formula is C19H28N2O6S. The van der Waals surface area contributed by atoms with Crippen molar-refractivity contribution in [3.05, 3.63) is 18.2 Å². The topological polar surface area (TPSA) is 102 Å². The fraction of sp³-hybridized carbons (Fsp3) is 0.579. The molecule has 1 aliphatic heterocycles. The highest BCUT2D eigenvalue weighted by molar-refractivity contribution is 7.89. The van der Waals surface area contributed by atoms with E-state index in [-0.39, 0.29) is 17.0 Å². The molecule has 0 spiro atoms. The molecule has 0 aliphatic carbocycles. The highest BCUT2D eigenvalue weighted by Gasteiger charge is 2.26. The van der Waals surface area contributed by atoms with Crippen LogP contribution >= 0.6 is 0 Å². The van der Waals surface area contributed by atoms with E-state index in [0.717, 1.165) is 25.7 Å². The smallest absolute Gasteiger partial charge is 0.306 e. The van der Waals surface area contributed by atoms with Crippen molar-refractivity contribution in [2.45, 2.75) is 50.3 Å². The summed E-state index contributed by atoms with van der Waals surface area (Å²) in [4.78, 5) is 23.6. The van der Waals surface area contributed by atoms with Crippen molar-refractivity contribution in [2.24, 2.45) is 0 Å². The van der Waals surface area contributed by atoms with E-state index in [0.29, 0.717) is 25.3 Å². The normalized spacial score (nSPS) is 15.5. The minimum absolute atomic E-state index is 0.0912. The third-order valence-electron chi connectivity index (χ3n) is 4.47. The second-order valence-corrected chi connectivity index (χ2v) is 8.58. The van der Waals surface area contributed by atoms with E-state index in [1.165, 1.54) is 29.6 Å². The average Bonchev–Trinajstić information content (AvgIpc) is 2.96. The minimum Gasteiger partial charge on any atom is -0.495 e. The van der Waals surface area contributed by atoms with Crippen LogP contribution in [0.5, 0.6) is 5.75 Å². The number of anilines is 1. The molecule has 1 saturated heterocycles. The van der Waals surface area contributed by atoms with Gasteiger partial charge in [0.15, 0.2) is 6.61 Å². The Hall–Kier alpha value is -2.13. The van der Waals surface area contributed by atoms with Crippen LogP contribution in [-0.4, -0.2) is 51.4 Å². The van der Waals surface area contributed by atoms with Crippen LogP contribution in [0.3, 0.4) is 0 Å². The van der Waals surface area contributed by atoms with E-state index >= 15 is 0 Å². The van der Waals surface area contributed by atoms with Gasteiger partial charge >= 0.3 is 5.97 Å². The molecule has 1 aliphatic rings. The second kappa shape index (κ2) is 10.4. The van der Waals surface area contributed by atoms with Gasteiger partial charge in [-0.05, 0) is 37.5 Å². The largest absolute Gasteiger partial charge is 0.495 e. The molecule has 0 saturated carbocycles. The number of ether oxygens (including phenoxy) is 2. The highest BCUT2D eigenvalue weighted by Crippen LogP contribution is 2.29. The first-order chi connectivity index (χ1) is 13.4. The Bertz CT molecular complexity index is 786. The summed E-state index contributed by atoms with van der Waals surface area (Å²) in [6.07, 6.45) is 4.58. The van der Waals surface area contributed by atoms with Gasteiger partial charge in [-0.1, -0.05) is 19.8 Å². The lowest BCUT2D eigenvalue weighted by molar-refractivity contribution is -0.147. The molecule has 0 aromatic heterocycles. The highest BCUT2D eigenvalue weighted by atomic mass is 32.2. The van der Waals surface area contributed by atoms with Crippen LogP contribution in [0.4, 0.5) is 5.69 Å². The first-order valence-corrected chi connectivity index (χ1v) is 11.0. The number of hydrogen-bond acceptors (Lipinski definition) is 6. The summed E-state index contributed by atoms with van der Waals surface area (Å²) in [6.45, 7) is 2.38. The number of rotatable bonds is 8. The Morgan fingerprint density at radius 1 is 1.14 bits per heavy atom. The zero-order valence-electron chi connectivity index (χ0n) is 16.4. The summed E-state index contributed by atoms with van der Waals surface area (Å²) in [6, 6.07) is 4.35. The van der Waals surface area contributed by atoms with Gasteiger partial charge in [0.25, 0.3) is 5.91 Å². The quantitative estimate of drug-likeness (QED) is 0.659. The van der Waals surface area contributed by atoms with Crippen LogP contribution in [0.15, 0.2) is 23.1 Å². The van der Waals surface area contributed by atoms with Gasteiger partial charge in [0.1, 0.15) is 5.75 Å². The Kier molecular flexibility index (Phi) is 8.25. The number of nitrogens with one attached hydrogen (secondary N) is 1. The van der Waals surface area contributed by atoms with Gasteiger partial charge in [-0.15, -0.1) is 0 Å². The van der Waals surface area contributed by atoms with Crippen molar-refractivity contribution < 1.29 is 27.5 Å². The van der Waals surface area contributed by atoms with Gasteiger partial charge in [0, 0.05) is 19.5 Å². The van der Waals surface area contributed by atoms with E-state index in [1.54, 1.807) is 0 Å². The van der Waals surface area contributed by atoms with E-state index < -0.39 is 28.5 Å². The van der Waals surface area contributed by atoms with Gasteiger partial charge in [-0.2, -0.15) is 4.31 Å². The molecule has 1 fully saturated rings. The van der Waals surface area contributed by atoms with E-state index in [9.17, 15) is 18.0 Å². The number of hydrogen-bond donors (Lipinski definition) is 1. The maximum atomic E-state index is 13.0. The molecule has 0 radical (unpaired) electrons. The molecule has 9 heteroatoms. The van der Waals surface area contributed by atoms with E-state index in [4.69, 9.17) is 9.47 Å². The maximum absolute atomic E-state index is 13.0. The lowest BCUT2D eigenvalue weighted by Crippen LogP contribution is -2.32. The summed E-state index contributed by atoms with van der Waals surface area (Å²) in [5, 5.41) is 2.56. The summed E-state index contributed by atoms with van der Waals surface area (Å²) in [7, 11) is -2.23. The molecular weight excluding hydrogens is 384 g/mol. The number of esters is 1. The molecule has 0 unspecified atom stereocenters. The van der Waals surface area contributed by atoms with Crippen LogP contribution < -0.4 is 10.1 Å².